The molecule has 0 amide bonds. The minimum absolute atomic E-state index is 0.207. The molecule has 0 atom stereocenters. The van der Waals surface area contributed by atoms with Gasteiger partial charge in [-0.25, -0.2) is 4.98 Å². The van der Waals surface area contributed by atoms with Crippen LogP contribution in [0.2, 0.25) is 5.02 Å². The molecule has 0 saturated carbocycles. The predicted molar refractivity (Wildman–Crippen MR) is 136 cm³/mol. The number of pyridine rings is 1. The summed E-state index contributed by atoms with van der Waals surface area (Å²) in [5.41, 5.74) is 3.00. The van der Waals surface area contributed by atoms with Gasteiger partial charge in [-0.1, -0.05) is 11.6 Å². The summed E-state index contributed by atoms with van der Waals surface area (Å²) in [5.74, 6) is 2.59. The van der Waals surface area contributed by atoms with Gasteiger partial charge in [0.2, 0.25) is 5.95 Å². The molecule has 5 heterocycles. The zero-order valence-corrected chi connectivity index (χ0v) is 21.3. The van der Waals surface area contributed by atoms with Crippen LogP contribution in [0.15, 0.2) is 30.3 Å². The van der Waals surface area contributed by atoms with Crippen molar-refractivity contribution in [3.8, 4) is 17.8 Å². The van der Waals surface area contributed by atoms with Crippen molar-refractivity contribution < 1.29 is 0 Å². The first kappa shape index (κ1) is 22.8. The van der Waals surface area contributed by atoms with Gasteiger partial charge < -0.3 is 9.80 Å². The highest BCUT2D eigenvalue weighted by Gasteiger charge is 2.53. The summed E-state index contributed by atoms with van der Waals surface area (Å²) in [6.45, 7) is 10.5. The van der Waals surface area contributed by atoms with Crippen molar-refractivity contribution in [2.24, 2.45) is 5.41 Å². The van der Waals surface area contributed by atoms with Crippen molar-refractivity contribution >= 4 is 23.4 Å². The monoisotopic (exact) mass is 499 g/mol. The third kappa shape index (κ3) is 3.50. The Hall–Kier alpha value is -3.66. The summed E-state index contributed by atoms with van der Waals surface area (Å²) in [7, 11) is 0. The predicted octanol–water partition coefficient (Wildman–Crippen LogP) is 3.44. The van der Waals surface area contributed by atoms with Gasteiger partial charge in [0.05, 0.1) is 29.6 Å². The second-order valence-electron chi connectivity index (χ2n) is 10.7. The normalized spacial score (nSPS) is 18.4. The molecule has 1 spiro atoms. The van der Waals surface area contributed by atoms with Crippen molar-refractivity contribution in [3.63, 3.8) is 0 Å². The summed E-state index contributed by atoms with van der Waals surface area (Å²) in [4.78, 5) is 11.3. The lowest BCUT2D eigenvalue weighted by atomic mass is 9.73. The minimum Gasteiger partial charge on any atom is -0.355 e. The van der Waals surface area contributed by atoms with E-state index < -0.39 is 5.54 Å². The molecule has 2 aromatic heterocycles. The van der Waals surface area contributed by atoms with Crippen LogP contribution in [0.5, 0.6) is 0 Å². The third-order valence-electron chi connectivity index (χ3n) is 7.66. The fourth-order valence-electron chi connectivity index (χ4n) is 5.53. The molecule has 1 aromatic carbocycles. The second-order valence-corrected chi connectivity index (χ2v) is 11.1. The highest BCUT2D eigenvalue weighted by molar-refractivity contribution is 6.30. The number of halogens is 1. The Balaban J connectivity index is 1.24. The van der Waals surface area contributed by atoms with Gasteiger partial charge in [-0.05, 0) is 56.7 Å². The smallest absolute Gasteiger partial charge is 0.231 e. The molecule has 3 aromatic rings. The maximum Gasteiger partial charge on any atom is 0.231 e. The van der Waals surface area contributed by atoms with Gasteiger partial charge in [0, 0.05) is 43.2 Å². The van der Waals surface area contributed by atoms with E-state index in [2.05, 4.69) is 46.6 Å². The van der Waals surface area contributed by atoms with E-state index in [1.54, 1.807) is 0 Å². The highest BCUT2D eigenvalue weighted by Crippen LogP contribution is 2.44. The maximum atomic E-state index is 9.77. The van der Waals surface area contributed by atoms with Crippen LogP contribution in [-0.4, -0.2) is 56.4 Å². The molecule has 9 nitrogen and oxygen atoms in total. The first-order chi connectivity index (χ1) is 17.2. The molecule has 6 rings (SSSR count). The highest BCUT2D eigenvalue weighted by atomic mass is 35.5. The van der Waals surface area contributed by atoms with Crippen LogP contribution in [0.3, 0.4) is 0 Å². The van der Waals surface area contributed by atoms with Crippen LogP contribution in [-0.2, 0) is 13.1 Å². The third-order valence-corrected chi connectivity index (χ3v) is 7.89. The molecular formula is C26H26ClN9. The van der Waals surface area contributed by atoms with E-state index in [-0.39, 0.29) is 5.41 Å². The number of aromatic nitrogens is 4. The molecule has 2 saturated heterocycles. The lowest BCUT2D eigenvalue weighted by Crippen LogP contribution is -2.73. The van der Waals surface area contributed by atoms with Crippen LogP contribution in [0.1, 0.15) is 36.5 Å². The summed E-state index contributed by atoms with van der Waals surface area (Å²) >= 11 is 6.36. The van der Waals surface area contributed by atoms with E-state index in [0.717, 1.165) is 60.7 Å². The number of fused-ring (bicyclic) bond motifs is 3. The quantitative estimate of drug-likeness (QED) is 0.540. The van der Waals surface area contributed by atoms with Crippen LogP contribution < -0.4 is 9.80 Å². The number of hydrogen-bond donors (Lipinski definition) is 0. The van der Waals surface area contributed by atoms with Crippen molar-refractivity contribution in [2.75, 3.05) is 36.0 Å². The average molecular weight is 500 g/mol. The Labute approximate surface area is 215 Å². The van der Waals surface area contributed by atoms with Crippen LogP contribution in [0.25, 0.3) is 5.69 Å². The number of rotatable bonds is 3. The number of nitriles is 2. The van der Waals surface area contributed by atoms with Gasteiger partial charge >= 0.3 is 0 Å². The molecule has 3 aliphatic rings. The SMILES string of the molecule is Cc1nc(N2CC3(C2)CN(c2nnc4n2-c2ccc(Cl)cc2CN(C(C)(C)C#N)C4)C3)ccc1C#N. The van der Waals surface area contributed by atoms with Gasteiger partial charge in [-0.2, -0.15) is 10.5 Å². The Bertz CT molecular complexity index is 1450. The average Bonchev–Trinajstić information content (AvgIpc) is 3.12. The molecule has 3 aliphatic heterocycles. The molecule has 0 radical (unpaired) electrons. The van der Waals surface area contributed by atoms with E-state index in [4.69, 9.17) is 16.9 Å². The molecule has 0 aliphatic carbocycles. The summed E-state index contributed by atoms with van der Waals surface area (Å²) < 4.78 is 2.13. The minimum atomic E-state index is -0.658. The molecule has 0 bridgehead atoms. The lowest BCUT2D eigenvalue weighted by molar-refractivity contribution is 0.147. The lowest BCUT2D eigenvalue weighted by Gasteiger charge is -2.60. The van der Waals surface area contributed by atoms with E-state index >= 15 is 0 Å². The van der Waals surface area contributed by atoms with Crippen molar-refractivity contribution in [2.45, 2.75) is 39.4 Å². The maximum absolute atomic E-state index is 9.77. The summed E-state index contributed by atoms with van der Waals surface area (Å²) in [6, 6.07) is 14.3. The van der Waals surface area contributed by atoms with Crippen molar-refractivity contribution in [1.82, 2.24) is 24.6 Å². The Morgan fingerprint density at radius 1 is 1.00 bits per heavy atom. The van der Waals surface area contributed by atoms with E-state index in [1.165, 1.54) is 0 Å². The summed E-state index contributed by atoms with van der Waals surface area (Å²) in [6.07, 6.45) is 0. The van der Waals surface area contributed by atoms with Gasteiger partial charge in [-0.3, -0.25) is 9.47 Å². The molecule has 2 fully saturated rings. The second kappa shape index (κ2) is 7.92. The zero-order chi connectivity index (χ0) is 25.2. The molecule has 10 heteroatoms. The largest absolute Gasteiger partial charge is 0.355 e. The van der Waals surface area contributed by atoms with E-state index in [1.807, 2.05) is 51.1 Å². The van der Waals surface area contributed by atoms with Gasteiger partial charge in [0.15, 0.2) is 5.82 Å². The number of anilines is 2. The molecule has 36 heavy (non-hydrogen) atoms. The van der Waals surface area contributed by atoms with Crippen LogP contribution >= 0.6 is 11.6 Å². The first-order valence-electron chi connectivity index (χ1n) is 12.0. The number of aryl methyl sites for hydroxylation is 1. The Morgan fingerprint density at radius 2 is 1.75 bits per heavy atom. The van der Waals surface area contributed by atoms with Crippen molar-refractivity contribution in [3.05, 3.63) is 58.0 Å². The van der Waals surface area contributed by atoms with E-state index in [9.17, 15) is 5.26 Å². The van der Waals surface area contributed by atoms with Gasteiger partial charge in [0.25, 0.3) is 0 Å². The molecule has 182 valence electrons. The molecule has 0 unspecified atom stereocenters. The van der Waals surface area contributed by atoms with Crippen LogP contribution in [0, 0.1) is 35.0 Å². The zero-order valence-electron chi connectivity index (χ0n) is 20.5. The number of hydrogen-bond acceptors (Lipinski definition) is 8. The Morgan fingerprint density at radius 3 is 2.44 bits per heavy atom. The van der Waals surface area contributed by atoms with Gasteiger partial charge in [-0.15, -0.1) is 10.2 Å². The number of benzene rings is 1. The molecular weight excluding hydrogens is 474 g/mol. The van der Waals surface area contributed by atoms with Crippen LogP contribution in [0.4, 0.5) is 11.8 Å². The fourth-order valence-corrected chi connectivity index (χ4v) is 5.73. The first-order valence-corrected chi connectivity index (χ1v) is 12.4. The standard InChI is InChI=1S/C26H26ClN9/c1-17-18(9-28)4-7-22(30-17)33-13-26(14-33)15-34(16-26)24-32-31-23-11-35(25(2,3)12-29)10-19-8-20(27)5-6-21(19)36(23)24/h4-8H,10-11,13-16H2,1-3H3. The van der Waals surface area contributed by atoms with Gasteiger partial charge in [0.1, 0.15) is 17.4 Å². The topological polar surface area (TPSA) is 101 Å². The van der Waals surface area contributed by atoms with E-state index in [0.29, 0.717) is 23.7 Å². The van der Waals surface area contributed by atoms with Crippen molar-refractivity contribution in [1.29, 1.82) is 10.5 Å². The summed E-state index contributed by atoms with van der Waals surface area (Å²) in [5, 5.41) is 28.8. The molecule has 0 N–H and O–H groups in total. The number of nitrogens with zero attached hydrogens (tertiary/aromatic N) is 9. The Kier molecular flexibility index (Phi) is 5.01. The fraction of sp³-hybridized carbons (Fsp3) is 0.423.